The summed E-state index contributed by atoms with van der Waals surface area (Å²) in [5.41, 5.74) is 1.14. The smallest absolute Gasteiger partial charge is 0.271 e. The highest BCUT2D eigenvalue weighted by Crippen LogP contribution is 2.29. The van der Waals surface area contributed by atoms with E-state index in [0.29, 0.717) is 12.3 Å². The van der Waals surface area contributed by atoms with Crippen molar-refractivity contribution in [3.8, 4) is 11.5 Å². The van der Waals surface area contributed by atoms with Crippen LogP contribution in [0.15, 0.2) is 42.5 Å². The van der Waals surface area contributed by atoms with E-state index in [2.05, 4.69) is 5.32 Å². The molecule has 0 aliphatic heterocycles. The third kappa shape index (κ3) is 5.18. The quantitative estimate of drug-likeness (QED) is 0.564. The zero-order valence-corrected chi connectivity index (χ0v) is 15.8. The summed E-state index contributed by atoms with van der Waals surface area (Å²) in [7, 11) is 4.87. The Morgan fingerprint density at radius 1 is 1.22 bits per heavy atom. The number of hydrogen-bond donors (Lipinski definition) is 1. The van der Waals surface area contributed by atoms with Crippen LogP contribution in [-0.4, -0.2) is 43.0 Å². The summed E-state index contributed by atoms with van der Waals surface area (Å²) in [4.78, 5) is 24.9. The minimum Gasteiger partial charge on any atom is -0.497 e. The van der Waals surface area contributed by atoms with Gasteiger partial charge in [0.15, 0.2) is 0 Å². The van der Waals surface area contributed by atoms with Gasteiger partial charge in [-0.3, -0.25) is 19.8 Å². The van der Waals surface area contributed by atoms with Crippen LogP contribution in [0.4, 0.5) is 11.4 Å². The molecule has 0 saturated carbocycles. The molecule has 8 nitrogen and oxygen atoms in total. The molecule has 2 rings (SSSR count). The molecule has 0 aromatic heterocycles. The molecule has 2 aromatic carbocycles. The molecule has 1 atom stereocenters. The normalized spacial score (nSPS) is 11.7. The fourth-order valence-corrected chi connectivity index (χ4v) is 2.54. The Bertz CT molecular complexity index is 825. The number of non-ortho nitro benzene ring substituents is 1. The lowest BCUT2D eigenvalue weighted by Gasteiger charge is -2.24. The Balaban J connectivity index is 2.10. The summed E-state index contributed by atoms with van der Waals surface area (Å²) < 4.78 is 10.4. The number of methoxy groups -OCH3 is 2. The van der Waals surface area contributed by atoms with Crippen molar-refractivity contribution in [3.63, 3.8) is 0 Å². The second-order valence-corrected chi connectivity index (χ2v) is 6.07. The Morgan fingerprint density at radius 3 is 2.59 bits per heavy atom. The zero-order valence-electron chi connectivity index (χ0n) is 15.8. The number of nitrogens with one attached hydrogen (secondary N) is 1. The number of hydrogen-bond acceptors (Lipinski definition) is 6. The molecule has 0 bridgehead atoms. The number of rotatable bonds is 8. The minimum absolute atomic E-state index is 0.122. The molecule has 0 aliphatic carbocycles. The van der Waals surface area contributed by atoms with Gasteiger partial charge in [0.2, 0.25) is 5.91 Å². The summed E-state index contributed by atoms with van der Waals surface area (Å²) in [6.45, 7) is 2.30. The fraction of sp³-hybridized carbons (Fsp3) is 0.316. The standard InChI is InChI=1S/C19H23N3O5/c1-13(21(2)12-14-6-5-7-16(10-14)26-3)19(23)20-17-11-15(22(24)25)8-9-18(17)27-4/h5-11,13H,12H2,1-4H3,(H,20,23)/t13-/m1/s1. The van der Waals surface area contributed by atoms with Gasteiger partial charge in [-0.15, -0.1) is 0 Å². The van der Waals surface area contributed by atoms with Crippen LogP contribution in [0.3, 0.4) is 0 Å². The van der Waals surface area contributed by atoms with Crippen LogP contribution in [-0.2, 0) is 11.3 Å². The topological polar surface area (TPSA) is 93.9 Å². The lowest BCUT2D eigenvalue weighted by atomic mass is 10.1. The van der Waals surface area contributed by atoms with Crippen molar-refractivity contribution in [3.05, 3.63) is 58.1 Å². The van der Waals surface area contributed by atoms with E-state index in [9.17, 15) is 14.9 Å². The van der Waals surface area contributed by atoms with Gasteiger partial charge in [0.05, 0.1) is 30.9 Å². The lowest BCUT2D eigenvalue weighted by molar-refractivity contribution is -0.384. The van der Waals surface area contributed by atoms with Crippen LogP contribution >= 0.6 is 0 Å². The van der Waals surface area contributed by atoms with Gasteiger partial charge in [-0.25, -0.2) is 0 Å². The number of nitrogens with zero attached hydrogens (tertiary/aromatic N) is 2. The van der Waals surface area contributed by atoms with Crippen molar-refractivity contribution in [2.45, 2.75) is 19.5 Å². The zero-order chi connectivity index (χ0) is 20.0. The van der Waals surface area contributed by atoms with Gasteiger partial charge in [0.1, 0.15) is 11.5 Å². The molecule has 0 fully saturated rings. The third-order valence-electron chi connectivity index (χ3n) is 4.26. The minimum atomic E-state index is -0.520. The molecule has 0 unspecified atom stereocenters. The van der Waals surface area contributed by atoms with E-state index in [1.807, 2.05) is 36.2 Å². The maximum absolute atomic E-state index is 12.6. The number of carbonyl (C=O) groups excluding carboxylic acids is 1. The Hall–Kier alpha value is -3.13. The van der Waals surface area contributed by atoms with Gasteiger partial charge in [0, 0.05) is 18.7 Å². The van der Waals surface area contributed by atoms with Crippen molar-refractivity contribution >= 4 is 17.3 Å². The molecule has 144 valence electrons. The van der Waals surface area contributed by atoms with Crippen molar-refractivity contribution in [2.75, 3.05) is 26.6 Å². The average molecular weight is 373 g/mol. The summed E-state index contributed by atoms with van der Waals surface area (Å²) in [6.07, 6.45) is 0. The molecule has 8 heteroatoms. The van der Waals surface area contributed by atoms with Gasteiger partial charge in [-0.1, -0.05) is 12.1 Å². The number of amides is 1. The summed E-state index contributed by atoms with van der Waals surface area (Å²) in [5, 5.41) is 13.7. The highest BCUT2D eigenvalue weighted by Gasteiger charge is 2.21. The molecule has 1 N–H and O–H groups in total. The number of likely N-dealkylation sites (N-methyl/N-ethyl adjacent to an activating group) is 1. The molecule has 0 radical (unpaired) electrons. The first-order valence-electron chi connectivity index (χ1n) is 8.32. The van der Waals surface area contributed by atoms with E-state index in [0.717, 1.165) is 11.3 Å². The molecule has 0 heterocycles. The van der Waals surface area contributed by atoms with Gasteiger partial charge in [-0.2, -0.15) is 0 Å². The maximum atomic E-state index is 12.6. The first-order valence-corrected chi connectivity index (χ1v) is 8.32. The molecule has 2 aromatic rings. The Kier molecular flexibility index (Phi) is 6.73. The molecule has 0 aliphatic rings. The van der Waals surface area contributed by atoms with Gasteiger partial charge in [-0.05, 0) is 37.7 Å². The van der Waals surface area contributed by atoms with Crippen LogP contribution in [0.1, 0.15) is 12.5 Å². The van der Waals surface area contributed by atoms with Crippen LogP contribution in [0.2, 0.25) is 0 Å². The largest absolute Gasteiger partial charge is 0.497 e. The van der Waals surface area contributed by atoms with Gasteiger partial charge < -0.3 is 14.8 Å². The lowest BCUT2D eigenvalue weighted by Crippen LogP contribution is -2.39. The number of benzene rings is 2. The van der Waals surface area contributed by atoms with Crippen molar-refractivity contribution in [1.29, 1.82) is 0 Å². The summed E-state index contributed by atoms with van der Waals surface area (Å²) >= 11 is 0. The van der Waals surface area contributed by atoms with Crippen LogP contribution in [0.25, 0.3) is 0 Å². The highest BCUT2D eigenvalue weighted by atomic mass is 16.6. The third-order valence-corrected chi connectivity index (χ3v) is 4.26. The van der Waals surface area contributed by atoms with E-state index in [4.69, 9.17) is 9.47 Å². The predicted molar refractivity (Wildman–Crippen MR) is 102 cm³/mol. The number of carbonyl (C=O) groups is 1. The van der Waals surface area contributed by atoms with Crippen LogP contribution in [0, 0.1) is 10.1 Å². The van der Waals surface area contributed by atoms with Crippen LogP contribution < -0.4 is 14.8 Å². The van der Waals surface area contributed by atoms with Crippen LogP contribution in [0.5, 0.6) is 11.5 Å². The predicted octanol–water partition coefficient (Wildman–Crippen LogP) is 3.07. The molecular formula is C19H23N3O5. The monoisotopic (exact) mass is 373 g/mol. The van der Waals surface area contributed by atoms with E-state index in [-0.39, 0.29) is 17.3 Å². The van der Waals surface area contributed by atoms with E-state index in [1.165, 1.54) is 25.3 Å². The number of ether oxygens (including phenoxy) is 2. The van der Waals surface area contributed by atoms with Crippen molar-refractivity contribution < 1.29 is 19.2 Å². The highest BCUT2D eigenvalue weighted by molar-refractivity contribution is 5.96. The van der Waals surface area contributed by atoms with Crippen molar-refractivity contribution in [2.24, 2.45) is 0 Å². The summed E-state index contributed by atoms with van der Waals surface area (Å²) in [6, 6.07) is 11.2. The first-order chi connectivity index (χ1) is 12.8. The number of anilines is 1. The molecule has 1 amide bonds. The fourth-order valence-electron chi connectivity index (χ4n) is 2.54. The van der Waals surface area contributed by atoms with E-state index >= 15 is 0 Å². The second-order valence-electron chi connectivity index (χ2n) is 6.07. The van der Waals surface area contributed by atoms with E-state index in [1.54, 1.807) is 14.0 Å². The molecule has 0 spiro atoms. The Labute approximate surface area is 157 Å². The maximum Gasteiger partial charge on any atom is 0.271 e. The summed E-state index contributed by atoms with van der Waals surface area (Å²) in [5.74, 6) is 0.815. The van der Waals surface area contributed by atoms with Crippen molar-refractivity contribution in [1.82, 2.24) is 4.90 Å². The number of nitro benzene ring substituents is 1. The molecular weight excluding hydrogens is 350 g/mol. The average Bonchev–Trinajstić information content (AvgIpc) is 2.67. The molecule has 27 heavy (non-hydrogen) atoms. The molecule has 0 saturated heterocycles. The van der Waals surface area contributed by atoms with Gasteiger partial charge >= 0.3 is 0 Å². The first kappa shape index (κ1) is 20.2. The van der Waals surface area contributed by atoms with Gasteiger partial charge in [0.25, 0.3) is 5.69 Å². The number of nitro groups is 1. The second kappa shape index (κ2) is 9.00. The Morgan fingerprint density at radius 2 is 1.96 bits per heavy atom. The van der Waals surface area contributed by atoms with E-state index < -0.39 is 11.0 Å². The SMILES string of the molecule is COc1cccc(CN(C)[C@H](C)C(=O)Nc2cc([N+](=O)[O-])ccc2OC)c1.